The number of carbonyl (C=O) groups is 1. The summed E-state index contributed by atoms with van der Waals surface area (Å²) < 4.78 is 6.21. The van der Waals surface area contributed by atoms with E-state index in [-0.39, 0.29) is 5.82 Å². The molecule has 0 spiro atoms. The van der Waals surface area contributed by atoms with Gasteiger partial charge in [-0.25, -0.2) is 19.4 Å². The van der Waals surface area contributed by atoms with Crippen LogP contribution in [0.2, 0.25) is 0 Å². The Kier molecular flexibility index (Phi) is 4.67. The highest BCUT2D eigenvalue weighted by molar-refractivity contribution is 5.84. The number of hydrogen-bond acceptors (Lipinski definition) is 8. The summed E-state index contributed by atoms with van der Waals surface area (Å²) in [6.45, 7) is 3.68. The van der Waals surface area contributed by atoms with Crippen molar-refractivity contribution < 1.29 is 9.53 Å². The van der Waals surface area contributed by atoms with Gasteiger partial charge in [0.2, 0.25) is 0 Å². The van der Waals surface area contributed by atoms with Crippen molar-refractivity contribution in [1.29, 1.82) is 5.26 Å². The SMILES string of the molecule is COC(=O)c1ncn(CN2CCN(c3ncccc3C#N)CC2)n1. The lowest BCUT2D eigenvalue weighted by Crippen LogP contribution is -2.47. The van der Waals surface area contributed by atoms with Gasteiger partial charge in [0.1, 0.15) is 18.2 Å². The van der Waals surface area contributed by atoms with Gasteiger partial charge >= 0.3 is 5.97 Å². The van der Waals surface area contributed by atoms with Crippen LogP contribution in [0, 0.1) is 11.3 Å². The molecule has 0 aliphatic carbocycles. The maximum Gasteiger partial charge on any atom is 0.377 e. The Balaban J connectivity index is 1.58. The van der Waals surface area contributed by atoms with Crippen LogP contribution in [-0.4, -0.2) is 63.9 Å². The molecular weight excluding hydrogens is 310 g/mol. The lowest BCUT2D eigenvalue weighted by atomic mass is 10.2. The molecule has 0 unspecified atom stereocenters. The molecule has 3 heterocycles. The zero-order chi connectivity index (χ0) is 16.9. The second-order valence-electron chi connectivity index (χ2n) is 5.33. The third kappa shape index (κ3) is 3.33. The number of nitrogens with zero attached hydrogens (tertiary/aromatic N) is 7. The summed E-state index contributed by atoms with van der Waals surface area (Å²) in [6.07, 6.45) is 3.22. The van der Waals surface area contributed by atoms with Gasteiger partial charge in [-0.05, 0) is 12.1 Å². The predicted molar refractivity (Wildman–Crippen MR) is 84.1 cm³/mol. The second-order valence-corrected chi connectivity index (χ2v) is 5.33. The Morgan fingerprint density at radius 1 is 1.33 bits per heavy atom. The quantitative estimate of drug-likeness (QED) is 0.730. The van der Waals surface area contributed by atoms with Gasteiger partial charge in [0, 0.05) is 32.4 Å². The Morgan fingerprint density at radius 3 is 2.83 bits per heavy atom. The molecule has 9 nitrogen and oxygen atoms in total. The normalized spacial score (nSPS) is 15.1. The summed E-state index contributed by atoms with van der Waals surface area (Å²) in [5.41, 5.74) is 0.588. The van der Waals surface area contributed by atoms with Crippen LogP contribution >= 0.6 is 0 Å². The molecule has 0 bridgehead atoms. The summed E-state index contributed by atoms with van der Waals surface area (Å²) in [4.78, 5) is 23.9. The largest absolute Gasteiger partial charge is 0.463 e. The van der Waals surface area contributed by atoms with Crippen molar-refractivity contribution in [2.75, 3.05) is 38.2 Å². The van der Waals surface area contributed by atoms with E-state index in [9.17, 15) is 10.1 Å². The van der Waals surface area contributed by atoms with E-state index in [1.54, 1.807) is 23.0 Å². The smallest absolute Gasteiger partial charge is 0.377 e. The Labute approximate surface area is 139 Å². The molecule has 0 aromatic carbocycles. The van der Waals surface area contributed by atoms with E-state index in [1.165, 1.54) is 13.4 Å². The molecule has 0 N–H and O–H groups in total. The summed E-state index contributed by atoms with van der Waals surface area (Å²) in [7, 11) is 1.30. The summed E-state index contributed by atoms with van der Waals surface area (Å²) >= 11 is 0. The molecule has 124 valence electrons. The highest BCUT2D eigenvalue weighted by Gasteiger charge is 2.21. The number of piperazine rings is 1. The monoisotopic (exact) mass is 327 g/mol. The zero-order valence-electron chi connectivity index (χ0n) is 13.3. The van der Waals surface area contributed by atoms with Crippen molar-refractivity contribution in [3.8, 4) is 6.07 Å². The molecule has 0 atom stereocenters. The number of anilines is 1. The lowest BCUT2D eigenvalue weighted by Gasteiger charge is -2.35. The molecule has 1 saturated heterocycles. The maximum absolute atomic E-state index is 11.4. The van der Waals surface area contributed by atoms with E-state index in [4.69, 9.17) is 0 Å². The van der Waals surface area contributed by atoms with E-state index < -0.39 is 5.97 Å². The number of pyridine rings is 1. The molecule has 0 radical (unpaired) electrons. The average molecular weight is 327 g/mol. The van der Waals surface area contributed by atoms with E-state index >= 15 is 0 Å². The van der Waals surface area contributed by atoms with Crippen LogP contribution in [0.3, 0.4) is 0 Å². The summed E-state index contributed by atoms with van der Waals surface area (Å²) in [5, 5.41) is 13.3. The van der Waals surface area contributed by atoms with Crippen LogP contribution in [0.25, 0.3) is 0 Å². The molecule has 0 saturated carbocycles. The standard InChI is InChI=1S/C15H17N7O2/c1-24-15(23)13-18-10-22(19-13)11-20-5-7-21(8-6-20)14-12(9-16)3-2-4-17-14/h2-4,10H,5-8,11H2,1H3. The van der Waals surface area contributed by atoms with Crippen molar-refractivity contribution in [2.45, 2.75) is 6.67 Å². The fraction of sp³-hybridized carbons (Fsp3) is 0.400. The van der Waals surface area contributed by atoms with E-state index in [0.717, 1.165) is 32.0 Å². The summed E-state index contributed by atoms with van der Waals surface area (Å²) in [6, 6.07) is 5.72. The lowest BCUT2D eigenvalue weighted by molar-refractivity contribution is 0.0585. The van der Waals surface area contributed by atoms with E-state index in [0.29, 0.717) is 12.2 Å². The first-order chi connectivity index (χ1) is 11.7. The van der Waals surface area contributed by atoms with Crippen molar-refractivity contribution in [3.63, 3.8) is 0 Å². The van der Waals surface area contributed by atoms with Gasteiger partial charge < -0.3 is 9.64 Å². The molecule has 2 aromatic rings. The van der Waals surface area contributed by atoms with Gasteiger partial charge in [-0.3, -0.25) is 4.90 Å². The number of methoxy groups -OCH3 is 1. The minimum Gasteiger partial charge on any atom is -0.463 e. The molecule has 1 fully saturated rings. The Morgan fingerprint density at radius 2 is 2.12 bits per heavy atom. The molecule has 9 heteroatoms. The molecule has 1 aliphatic rings. The molecule has 2 aromatic heterocycles. The number of aromatic nitrogens is 4. The third-order valence-electron chi connectivity index (χ3n) is 3.83. The molecule has 24 heavy (non-hydrogen) atoms. The van der Waals surface area contributed by atoms with Crippen molar-refractivity contribution in [1.82, 2.24) is 24.6 Å². The van der Waals surface area contributed by atoms with Crippen LogP contribution in [0.15, 0.2) is 24.7 Å². The van der Waals surface area contributed by atoms with Gasteiger partial charge in [-0.1, -0.05) is 0 Å². The van der Waals surface area contributed by atoms with Crippen molar-refractivity contribution >= 4 is 11.8 Å². The fourth-order valence-electron chi connectivity index (χ4n) is 2.59. The van der Waals surface area contributed by atoms with E-state index in [1.807, 2.05) is 0 Å². The zero-order valence-corrected chi connectivity index (χ0v) is 13.3. The van der Waals surface area contributed by atoms with Crippen molar-refractivity contribution in [2.24, 2.45) is 0 Å². The second kappa shape index (κ2) is 7.06. The van der Waals surface area contributed by atoms with Gasteiger partial charge in [0.05, 0.1) is 19.3 Å². The molecule has 0 amide bonds. The average Bonchev–Trinajstić information content (AvgIpc) is 3.10. The molecule has 3 rings (SSSR count). The minimum atomic E-state index is -0.544. The Bertz CT molecular complexity index is 759. The maximum atomic E-state index is 11.4. The highest BCUT2D eigenvalue weighted by Crippen LogP contribution is 2.18. The summed E-state index contributed by atoms with van der Waals surface area (Å²) in [5.74, 6) is 0.245. The predicted octanol–water partition coefficient (Wildman–Crippen LogP) is 0.111. The van der Waals surface area contributed by atoms with E-state index in [2.05, 4.69) is 35.7 Å². The van der Waals surface area contributed by atoms with Gasteiger partial charge in [-0.15, -0.1) is 5.10 Å². The van der Waals surface area contributed by atoms with Crippen molar-refractivity contribution in [3.05, 3.63) is 36.0 Å². The van der Waals surface area contributed by atoms with Crippen LogP contribution in [0.5, 0.6) is 0 Å². The fourth-order valence-corrected chi connectivity index (χ4v) is 2.59. The van der Waals surface area contributed by atoms with Crippen LogP contribution in [-0.2, 0) is 11.4 Å². The van der Waals surface area contributed by atoms with Gasteiger partial charge in [0.25, 0.3) is 5.82 Å². The first kappa shape index (κ1) is 15.9. The van der Waals surface area contributed by atoms with Gasteiger partial charge in [-0.2, -0.15) is 5.26 Å². The first-order valence-electron chi connectivity index (χ1n) is 7.51. The van der Waals surface area contributed by atoms with Crippen LogP contribution in [0.1, 0.15) is 16.2 Å². The molecular formula is C15H17N7O2. The highest BCUT2D eigenvalue weighted by atomic mass is 16.5. The van der Waals surface area contributed by atoms with Gasteiger partial charge in [0.15, 0.2) is 0 Å². The number of nitriles is 1. The third-order valence-corrected chi connectivity index (χ3v) is 3.83. The van der Waals surface area contributed by atoms with Crippen LogP contribution < -0.4 is 4.90 Å². The number of ether oxygens (including phenoxy) is 1. The van der Waals surface area contributed by atoms with Crippen LogP contribution in [0.4, 0.5) is 5.82 Å². The molecule has 1 aliphatic heterocycles. The number of rotatable bonds is 4. The topological polar surface area (TPSA) is 100 Å². The first-order valence-corrected chi connectivity index (χ1v) is 7.51. The Hall–Kier alpha value is -2.99. The number of hydrogen-bond donors (Lipinski definition) is 0. The number of carbonyl (C=O) groups excluding carboxylic acids is 1. The minimum absolute atomic E-state index is 0.0586. The number of esters is 1.